The van der Waals surface area contributed by atoms with Gasteiger partial charge in [-0.05, 0) is 30.7 Å². The Labute approximate surface area is 172 Å². The van der Waals surface area contributed by atoms with Crippen LogP contribution < -0.4 is 9.47 Å². The smallest absolute Gasteiger partial charge is 0.268 e. The van der Waals surface area contributed by atoms with Crippen molar-refractivity contribution in [2.45, 2.75) is 30.9 Å². The van der Waals surface area contributed by atoms with Gasteiger partial charge in [0.1, 0.15) is 23.6 Å². The summed E-state index contributed by atoms with van der Waals surface area (Å²) in [6, 6.07) is 8.09. The molecular formula is C21H22F2N4O3. The van der Waals surface area contributed by atoms with Crippen LogP contribution in [0.2, 0.25) is 0 Å². The zero-order chi connectivity index (χ0) is 21.3. The average molecular weight is 416 g/mol. The highest BCUT2D eigenvalue weighted by atomic mass is 19.3. The zero-order valence-corrected chi connectivity index (χ0v) is 16.6. The minimum Gasteiger partial charge on any atom is -0.497 e. The topological polar surface area (TPSA) is 78.7 Å². The molecule has 30 heavy (non-hydrogen) atoms. The van der Waals surface area contributed by atoms with Crippen LogP contribution in [0.3, 0.4) is 0 Å². The van der Waals surface area contributed by atoms with Gasteiger partial charge in [-0.3, -0.25) is 14.7 Å². The number of fused-ring (bicyclic) bond motifs is 1. The third kappa shape index (κ3) is 4.14. The summed E-state index contributed by atoms with van der Waals surface area (Å²) in [6.07, 6.45) is 1.65. The molecule has 7 nitrogen and oxygen atoms in total. The van der Waals surface area contributed by atoms with E-state index in [-0.39, 0.29) is 12.6 Å². The molecular weight excluding hydrogens is 394 g/mol. The van der Waals surface area contributed by atoms with Crippen LogP contribution in [0, 0.1) is 11.3 Å². The van der Waals surface area contributed by atoms with Crippen LogP contribution >= 0.6 is 0 Å². The second kappa shape index (κ2) is 8.03. The lowest BCUT2D eigenvalue weighted by molar-refractivity contribution is -0.133. The quantitative estimate of drug-likeness (QED) is 0.745. The van der Waals surface area contributed by atoms with E-state index >= 15 is 0 Å². The maximum absolute atomic E-state index is 13.6. The molecule has 2 atom stereocenters. The van der Waals surface area contributed by atoms with Crippen LogP contribution in [0.15, 0.2) is 30.5 Å². The van der Waals surface area contributed by atoms with Crippen molar-refractivity contribution in [2.75, 3.05) is 33.3 Å². The van der Waals surface area contributed by atoms with E-state index in [4.69, 9.17) is 14.7 Å². The standard InChI is InChI=1S/C21H22F2N4O3/c1-29-15-2-3-18-17(8-15)19(4-6-25-18)30-16-5-7-26(11-16)12-20(28)27-13-21(22,23)9-14(27)10-24/h2-4,6,8,14,16H,5,7,9,11-13H2,1H3/t14?,16-/m0/s1. The minimum atomic E-state index is -3.00. The van der Waals surface area contributed by atoms with Gasteiger partial charge >= 0.3 is 0 Å². The number of alkyl halides is 2. The number of pyridine rings is 1. The Morgan fingerprint density at radius 1 is 1.40 bits per heavy atom. The SMILES string of the molecule is COc1ccc2nccc(O[C@H]3CCN(CC(=O)N4CC(F)(F)CC4C#N)C3)c2c1. The largest absolute Gasteiger partial charge is 0.497 e. The summed E-state index contributed by atoms with van der Waals surface area (Å²) in [6.45, 7) is 0.423. The van der Waals surface area contributed by atoms with Crippen molar-refractivity contribution in [3.05, 3.63) is 30.5 Å². The Bertz CT molecular complexity index is 994. The monoisotopic (exact) mass is 416 g/mol. The molecule has 0 saturated carbocycles. The summed E-state index contributed by atoms with van der Waals surface area (Å²) >= 11 is 0. The van der Waals surface area contributed by atoms with Gasteiger partial charge in [-0.15, -0.1) is 0 Å². The Kier molecular flexibility index (Phi) is 5.43. The first-order valence-corrected chi connectivity index (χ1v) is 9.77. The normalized spacial score (nSPS) is 23.5. The number of nitriles is 1. The summed E-state index contributed by atoms with van der Waals surface area (Å²) < 4.78 is 38.6. The van der Waals surface area contributed by atoms with Crippen molar-refractivity contribution < 1.29 is 23.0 Å². The number of likely N-dealkylation sites (tertiary alicyclic amines) is 2. The fourth-order valence-electron chi connectivity index (χ4n) is 4.02. The average Bonchev–Trinajstić information content (AvgIpc) is 3.30. The van der Waals surface area contributed by atoms with Crippen LogP contribution in [0.4, 0.5) is 8.78 Å². The van der Waals surface area contributed by atoms with Gasteiger partial charge in [-0.2, -0.15) is 5.26 Å². The predicted octanol–water partition coefficient (Wildman–Crippen LogP) is 2.46. The number of hydrogen-bond donors (Lipinski definition) is 0. The van der Waals surface area contributed by atoms with Crippen LogP contribution in [-0.2, 0) is 4.79 Å². The fraction of sp³-hybridized carbons (Fsp3) is 0.476. The number of nitrogens with zero attached hydrogens (tertiary/aromatic N) is 4. The molecule has 0 aliphatic carbocycles. The van der Waals surface area contributed by atoms with Crippen LogP contribution in [0.25, 0.3) is 10.9 Å². The van der Waals surface area contributed by atoms with Crippen molar-refractivity contribution in [2.24, 2.45) is 0 Å². The molecule has 2 aromatic rings. The lowest BCUT2D eigenvalue weighted by atomic mass is 10.2. The second-order valence-electron chi connectivity index (χ2n) is 7.68. The first kappa shape index (κ1) is 20.3. The highest BCUT2D eigenvalue weighted by molar-refractivity contribution is 5.86. The third-order valence-corrected chi connectivity index (χ3v) is 5.53. The summed E-state index contributed by atoms with van der Waals surface area (Å²) in [5, 5.41) is 9.92. The lowest BCUT2D eigenvalue weighted by Crippen LogP contribution is -2.42. The van der Waals surface area contributed by atoms with Gasteiger partial charge in [0.05, 0.1) is 31.8 Å². The van der Waals surface area contributed by atoms with E-state index in [0.717, 1.165) is 15.8 Å². The molecule has 1 aromatic carbocycles. The van der Waals surface area contributed by atoms with Gasteiger partial charge in [0.15, 0.2) is 0 Å². The van der Waals surface area contributed by atoms with Crippen molar-refractivity contribution in [1.29, 1.82) is 5.26 Å². The highest BCUT2D eigenvalue weighted by Gasteiger charge is 2.47. The summed E-state index contributed by atoms with van der Waals surface area (Å²) in [5.74, 6) is -2.07. The Morgan fingerprint density at radius 3 is 3.00 bits per heavy atom. The number of hydrogen-bond acceptors (Lipinski definition) is 6. The van der Waals surface area contributed by atoms with E-state index in [1.807, 2.05) is 29.2 Å². The maximum Gasteiger partial charge on any atom is 0.268 e. The molecule has 1 amide bonds. The molecule has 2 saturated heterocycles. The van der Waals surface area contributed by atoms with Gasteiger partial charge < -0.3 is 14.4 Å². The lowest BCUT2D eigenvalue weighted by Gasteiger charge is -2.23. The molecule has 158 valence electrons. The minimum absolute atomic E-state index is 0.000957. The Balaban J connectivity index is 1.39. The molecule has 4 rings (SSSR count). The van der Waals surface area contributed by atoms with E-state index in [9.17, 15) is 13.6 Å². The molecule has 3 heterocycles. The molecule has 0 radical (unpaired) electrons. The Hall–Kier alpha value is -2.99. The first-order valence-electron chi connectivity index (χ1n) is 9.77. The van der Waals surface area contributed by atoms with E-state index in [0.29, 0.717) is 31.0 Å². The van der Waals surface area contributed by atoms with E-state index in [2.05, 4.69) is 4.98 Å². The number of carbonyl (C=O) groups excluding carboxylic acids is 1. The summed E-state index contributed by atoms with van der Waals surface area (Å²) in [4.78, 5) is 19.7. The van der Waals surface area contributed by atoms with E-state index in [1.165, 1.54) is 0 Å². The van der Waals surface area contributed by atoms with Crippen LogP contribution in [-0.4, -0.2) is 72.0 Å². The third-order valence-electron chi connectivity index (χ3n) is 5.53. The van der Waals surface area contributed by atoms with Crippen molar-refractivity contribution in [3.63, 3.8) is 0 Å². The number of methoxy groups -OCH3 is 1. The number of amides is 1. The molecule has 2 fully saturated rings. The molecule has 1 unspecified atom stereocenters. The number of benzene rings is 1. The van der Waals surface area contributed by atoms with Gasteiger partial charge in [0.25, 0.3) is 5.92 Å². The van der Waals surface area contributed by atoms with Crippen molar-refractivity contribution >= 4 is 16.8 Å². The van der Waals surface area contributed by atoms with Crippen molar-refractivity contribution in [1.82, 2.24) is 14.8 Å². The van der Waals surface area contributed by atoms with Gasteiger partial charge in [0, 0.05) is 31.1 Å². The Morgan fingerprint density at radius 2 is 2.23 bits per heavy atom. The molecule has 1 aromatic heterocycles. The zero-order valence-electron chi connectivity index (χ0n) is 16.6. The summed E-state index contributed by atoms with van der Waals surface area (Å²) in [5.41, 5.74) is 0.788. The molecule has 0 N–H and O–H groups in total. The number of ether oxygens (including phenoxy) is 2. The molecule has 0 bridgehead atoms. The van der Waals surface area contributed by atoms with Gasteiger partial charge in [-0.25, -0.2) is 8.78 Å². The number of rotatable bonds is 5. The molecule has 9 heteroatoms. The molecule has 2 aliphatic rings. The summed E-state index contributed by atoms with van der Waals surface area (Å²) in [7, 11) is 1.59. The number of aromatic nitrogens is 1. The second-order valence-corrected chi connectivity index (χ2v) is 7.68. The molecule has 2 aliphatic heterocycles. The van der Waals surface area contributed by atoms with Crippen LogP contribution in [0.1, 0.15) is 12.8 Å². The number of carbonyl (C=O) groups is 1. The highest BCUT2D eigenvalue weighted by Crippen LogP contribution is 2.32. The maximum atomic E-state index is 13.6. The van der Waals surface area contributed by atoms with E-state index < -0.39 is 30.8 Å². The van der Waals surface area contributed by atoms with Gasteiger partial charge in [-0.1, -0.05) is 0 Å². The van der Waals surface area contributed by atoms with Crippen molar-refractivity contribution in [3.8, 4) is 17.6 Å². The van der Waals surface area contributed by atoms with E-state index in [1.54, 1.807) is 19.4 Å². The van der Waals surface area contributed by atoms with Gasteiger partial charge in [0.2, 0.25) is 5.91 Å². The number of halogens is 2. The van der Waals surface area contributed by atoms with Crippen LogP contribution in [0.5, 0.6) is 11.5 Å². The fourth-order valence-corrected chi connectivity index (χ4v) is 4.02. The molecule has 0 spiro atoms. The first-order chi connectivity index (χ1) is 14.4. The predicted molar refractivity (Wildman–Crippen MR) is 104 cm³/mol.